The van der Waals surface area contributed by atoms with Crippen LogP contribution in [0.4, 0.5) is 0 Å². The molecule has 0 spiro atoms. The molecular formula is C16H16N6OS. The Hall–Kier alpha value is -2.35. The second kappa shape index (κ2) is 5.34. The highest BCUT2D eigenvalue weighted by atomic mass is 32.1. The number of hydrogen-bond acceptors (Lipinski definition) is 6. The zero-order valence-corrected chi connectivity index (χ0v) is 13.8. The van der Waals surface area contributed by atoms with E-state index in [4.69, 9.17) is 5.10 Å². The van der Waals surface area contributed by atoms with Crippen LogP contribution in [0.25, 0.3) is 4.96 Å². The number of pyridine rings is 1. The zero-order chi connectivity index (χ0) is 16.1. The lowest BCUT2D eigenvalue weighted by Gasteiger charge is -2.15. The Bertz CT molecular complexity index is 900. The maximum Gasteiger partial charge on any atom is 0.234 e. The zero-order valence-electron chi connectivity index (χ0n) is 13.0. The van der Waals surface area contributed by atoms with Crippen LogP contribution in [-0.2, 0) is 11.3 Å². The van der Waals surface area contributed by atoms with E-state index in [2.05, 4.69) is 15.2 Å². The van der Waals surface area contributed by atoms with Gasteiger partial charge in [0, 0.05) is 43.7 Å². The first-order valence-corrected chi connectivity index (χ1v) is 8.98. The molecule has 2 aliphatic rings. The molecule has 1 amide bonds. The molecule has 122 valence electrons. The van der Waals surface area contributed by atoms with Gasteiger partial charge in [0.2, 0.25) is 10.9 Å². The van der Waals surface area contributed by atoms with Gasteiger partial charge in [-0.25, -0.2) is 0 Å². The molecule has 24 heavy (non-hydrogen) atoms. The Kier molecular flexibility index (Phi) is 3.12. The van der Waals surface area contributed by atoms with E-state index in [0.29, 0.717) is 25.4 Å². The first-order valence-electron chi connectivity index (χ1n) is 8.16. The third kappa shape index (κ3) is 2.37. The van der Waals surface area contributed by atoms with E-state index >= 15 is 0 Å². The molecule has 1 aliphatic carbocycles. The lowest BCUT2D eigenvalue weighted by Crippen LogP contribution is -2.24. The van der Waals surface area contributed by atoms with Gasteiger partial charge >= 0.3 is 0 Å². The molecule has 8 heteroatoms. The molecule has 1 unspecified atom stereocenters. The number of carbonyl (C=O) groups excluding carboxylic acids is 1. The molecule has 2 fully saturated rings. The molecule has 0 radical (unpaired) electrons. The summed E-state index contributed by atoms with van der Waals surface area (Å²) in [5.41, 5.74) is 1.06. The topological polar surface area (TPSA) is 76.3 Å². The van der Waals surface area contributed by atoms with Crippen LogP contribution < -0.4 is 0 Å². The van der Waals surface area contributed by atoms with E-state index in [1.807, 2.05) is 27.7 Å². The van der Waals surface area contributed by atoms with Gasteiger partial charge in [0.1, 0.15) is 5.01 Å². The van der Waals surface area contributed by atoms with Crippen molar-refractivity contribution in [1.29, 1.82) is 0 Å². The molecule has 1 atom stereocenters. The van der Waals surface area contributed by atoms with Crippen molar-refractivity contribution in [2.24, 2.45) is 0 Å². The van der Waals surface area contributed by atoms with Crippen molar-refractivity contribution in [2.45, 2.75) is 37.6 Å². The van der Waals surface area contributed by atoms with Crippen molar-refractivity contribution in [3.63, 3.8) is 0 Å². The number of fused-ring (bicyclic) bond motifs is 1. The second-order valence-electron chi connectivity index (χ2n) is 6.50. The molecule has 0 bridgehead atoms. The van der Waals surface area contributed by atoms with Crippen LogP contribution >= 0.6 is 11.3 Å². The van der Waals surface area contributed by atoms with Gasteiger partial charge in [0.25, 0.3) is 0 Å². The normalized spacial score (nSPS) is 21.1. The summed E-state index contributed by atoms with van der Waals surface area (Å²) in [6.45, 7) is 1.32. The second-order valence-corrected chi connectivity index (χ2v) is 7.49. The fourth-order valence-corrected chi connectivity index (χ4v) is 4.15. The van der Waals surface area contributed by atoms with E-state index in [1.54, 1.807) is 17.5 Å². The summed E-state index contributed by atoms with van der Waals surface area (Å²) in [5.74, 6) is 1.82. The van der Waals surface area contributed by atoms with Crippen LogP contribution in [0.2, 0.25) is 0 Å². The van der Waals surface area contributed by atoms with Crippen molar-refractivity contribution in [3.8, 4) is 0 Å². The molecule has 4 heterocycles. The smallest absolute Gasteiger partial charge is 0.234 e. The summed E-state index contributed by atoms with van der Waals surface area (Å²) in [5, 5.41) is 14.2. The number of hydrogen-bond donors (Lipinski definition) is 0. The molecule has 1 aliphatic heterocycles. The first kappa shape index (κ1) is 14.0. The molecule has 7 nitrogen and oxygen atoms in total. The molecule has 1 saturated carbocycles. The Morgan fingerprint density at radius 2 is 2.17 bits per heavy atom. The van der Waals surface area contributed by atoms with Gasteiger partial charge in [-0.15, -0.1) is 10.2 Å². The largest absolute Gasteiger partial charge is 0.338 e. The van der Waals surface area contributed by atoms with Crippen LogP contribution in [0.5, 0.6) is 0 Å². The van der Waals surface area contributed by atoms with Gasteiger partial charge in [-0.1, -0.05) is 17.4 Å². The molecule has 3 aromatic heterocycles. The average molecular weight is 340 g/mol. The highest BCUT2D eigenvalue weighted by Crippen LogP contribution is 2.40. The van der Waals surface area contributed by atoms with Crippen molar-refractivity contribution < 1.29 is 4.79 Å². The monoisotopic (exact) mass is 340 g/mol. The van der Waals surface area contributed by atoms with Crippen LogP contribution in [-0.4, -0.2) is 42.1 Å². The lowest BCUT2D eigenvalue weighted by molar-refractivity contribution is -0.128. The fourth-order valence-electron chi connectivity index (χ4n) is 3.21. The minimum Gasteiger partial charge on any atom is -0.338 e. The summed E-state index contributed by atoms with van der Waals surface area (Å²) in [7, 11) is 0. The molecule has 5 rings (SSSR count). The third-order valence-corrected chi connectivity index (χ3v) is 5.69. The molecule has 1 saturated heterocycles. The highest BCUT2D eigenvalue weighted by molar-refractivity contribution is 7.16. The Morgan fingerprint density at radius 3 is 2.96 bits per heavy atom. The number of amides is 1. The maximum absolute atomic E-state index is 12.3. The molecular weight excluding hydrogens is 324 g/mol. The fraction of sp³-hybridized carbons (Fsp3) is 0.438. The first-order chi connectivity index (χ1) is 11.8. The van der Waals surface area contributed by atoms with E-state index in [1.165, 1.54) is 12.8 Å². The van der Waals surface area contributed by atoms with E-state index in [-0.39, 0.29) is 11.8 Å². The number of carbonyl (C=O) groups is 1. The number of nitrogens with zero attached hydrogens (tertiary/aromatic N) is 6. The minimum atomic E-state index is 0.146. The van der Waals surface area contributed by atoms with E-state index in [0.717, 1.165) is 21.4 Å². The van der Waals surface area contributed by atoms with Gasteiger partial charge in [-0.2, -0.15) is 9.61 Å². The molecule has 3 aromatic rings. The van der Waals surface area contributed by atoms with Crippen molar-refractivity contribution in [3.05, 3.63) is 40.9 Å². The summed E-state index contributed by atoms with van der Waals surface area (Å²) in [6, 6.07) is 3.90. The van der Waals surface area contributed by atoms with Crippen molar-refractivity contribution in [2.75, 3.05) is 6.54 Å². The number of aromatic nitrogens is 5. The minimum absolute atomic E-state index is 0.146. The van der Waals surface area contributed by atoms with Gasteiger partial charge < -0.3 is 4.90 Å². The third-order valence-electron chi connectivity index (χ3n) is 4.63. The predicted octanol–water partition coefficient (Wildman–Crippen LogP) is 1.97. The summed E-state index contributed by atoms with van der Waals surface area (Å²) in [4.78, 5) is 19.2. The van der Waals surface area contributed by atoms with Crippen molar-refractivity contribution >= 4 is 22.2 Å². The van der Waals surface area contributed by atoms with E-state index < -0.39 is 0 Å². The van der Waals surface area contributed by atoms with Crippen LogP contribution in [0.3, 0.4) is 0 Å². The Morgan fingerprint density at radius 1 is 1.25 bits per heavy atom. The highest BCUT2D eigenvalue weighted by Gasteiger charge is 2.35. The average Bonchev–Trinajstić information content (AvgIpc) is 3.06. The lowest BCUT2D eigenvalue weighted by atomic mass is 10.1. The molecule has 0 aromatic carbocycles. The summed E-state index contributed by atoms with van der Waals surface area (Å²) in [6.07, 6.45) is 6.42. The quantitative estimate of drug-likeness (QED) is 0.726. The standard InChI is InChI=1S/C16H16N6OS/c23-13-6-12(9-21(13)8-10-2-1-5-17-7-10)15-20-22-14(11-3-4-11)18-19-16(22)24-15/h1-2,5,7,11-12H,3-4,6,8-9H2. The number of likely N-dealkylation sites (tertiary alicyclic amines) is 1. The van der Waals surface area contributed by atoms with Crippen LogP contribution in [0.1, 0.15) is 47.5 Å². The van der Waals surface area contributed by atoms with Gasteiger partial charge in [-0.3, -0.25) is 9.78 Å². The molecule has 0 N–H and O–H groups in total. The van der Waals surface area contributed by atoms with Crippen LogP contribution in [0, 0.1) is 0 Å². The predicted molar refractivity (Wildman–Crippen MR) is 87.6 cm³/mol. The summed E-state index contributed by atoms with van der Waals surface area (Å²) >= 11 is 1.56. The summed E-state index contributed by atoms with van der Waals surface area (Å²) < 4.78 is 1.88. The Balaban J connectivity index is 1.37. The van der Waals surface area contributed by atoms with Gasteiger partial charge in [0.15, 0.2) is 5.82 Å². The maximum atomic E-state index is 12.3. The van der Waals surface area contributed by atoms with Crippen LogP contribution in [0.15, 0.2) is 24.5 Å². The SMILES string of the molecule is O=C1CC(c2nn3c(C4CC4)nnc3s2)CN1Cc1cccnc1. The van der Waals surface area contributed by atoms with Gasteiger partial charge in [-0.05, 0) is 24.5 Å². The van der Waals surface area contributed by atoms with Gasteiger partial charge in [0.05, 0.1) is 0 Å². The number of rotatable bonds is 4. The Labute approximate surface area is 142 Å². The van der Waals surface area contributed by atoms with E-state index in [9.17, 15) is 4.79 Å². The van der Waals surface area contributed by atoms with Crippen molar-refractivity contribution in [1.82, 2.24) is 29.7 Å².